The molecule has 3 heterocycles. The van der Waals surface area contributed by atoms with Gasteiger partial charge in [0, 0.05) is 43.1 Å². The molecule has 2 N–H and O–H groups in total. The van der Waals surface area contributed by atoms with Crippen molar-refractivity contribution in [3.8, 4) is 0 Å². The predicted octanol–water partition coefficient (Wildman–Crippen LogP) is 2.52. The molecule has 2 amide bonds. The van der Waals surface area contributed by atoms with E-state index in [1.807, 2.05) is 18.5 Å². The van der Waals surface area contributed by atoms with Gasteiger partial charge in [-0.05, 0) is 36.5 Å². The van der Waals surface area contributed by atoms with Crippen LogP contribution in [0.25, 0.3) is 0 Å². The Bertz CT molecular complexity index is 831. The van der Waals surface area contributed by atoms with Crippen molar-refractivity contribution in [2.24, 2.45) is 0 Å². The van der Waals surface area contributed by atoms with E-state index in [-0.39, 0.29) is 11.8 Å². The first kappa shape index (κ1) is 20.5. The molecule has 0 aromatic carbocycles. The number of aromatic nitrogens is 1. The van der Waals surface area contributed by atoms with Crippen LogP contribution in [0.4, 0.5) is 0 Å². The number of rotatable bonds is 7. The van der Waals surface area contributed by atoms with Gasteiger partial charge in [0.25, 0.3) is 5.91 Å². The average molecular weight is 401 g/mol. The van der Waals surface area contributed by atoms with E-state index >= 15 is 0 Å². The fourth-order valence-corrected chi connectivity index (χ4v) is 4.58. The van der Waals surface area contributed by atoms with Crippen LogP contribution in [0.5, 0.6) is 0 Å². The summed E-state index contributed by atoms with van der Waals surface area (Å²) in [6.45, 7) is 6.56. The molecule has 6 nitrogen and oxygen atoms in total. The lowest BCUT2D eigenvalue weighted by Gasteiger charge is -2.27. The zero-order valence-electron chi connectivity index (χ0n) is 16.7. The number of pyridine rings is 1. The molecule has 1 aliphatic heterocycles. The van der Waals surface area contributed by atoms with Gasteiger partial charge in [-0.2, -0.15) is 0 Å². The lowest BCUT2D eigenvalue weighted by atomic mass is 10.0. The van der Waals surface area contributed by atoms with E-state index in [1.54, 1.807) is 18.4 Å². The van der Waals surface area contributed by atoms with E-state index in [2.05, 4.69) is 39.6 Å². The number of fused-ring (bicyclic) bond motifs is 1. The maximum atomic E-state index is 12.7. The molecule has 0 unspecified atom stereocenters. The van der Waals surface area contributed by atoms with Gasteiger partial charge in [-0.3, -0.25) is 19.5 Å². The molecule has 7 heteroatoms. The highest BCUT2D eigenvalue weighted by atomic mass is 32.1. The van der Waals surface area contributed by atoms with Gasteiger partial charge in [0.05, 0.1) is 11.3 Å². The van der Waals surface area contributed by atoms with E-state index in [1.165, 1.54) is 10.4 Å². The smallest absolute Gasteiger partial charge is 0.253 e. The van der Waals surface area contributed by atoms with E-state index in [0.717, 1.165) is 43.7 Å². The molecule has 1 aliphatic rings. The lowest BCUT2D eigenvalue weighted by Crippen LogP contribution is -2.45. The molecular weight excluding hydrogens is 372 g/mol. The van der Waals surface area contributed by atoms with Crippen LogP contribution in [0.3, 0.4) is 0 Å². The fraction of sp³-hybridized carbons (Fsp3) is 0.476. The molecule has 3 rings (SSSR count). The molecule has 0 aliphatic carbocycles. The van der Waals surface area contributed by atoms with Crippen molar-refractivity contribution in [2.45, 2.75) is 52.2 Å². The van der Waals surface area contributed by atoms with Gasteiger partial charge in [-0.25, -0.2) is 0 Å². The average Bonchev–Trinajstić information content (AvgIpc) is 3.15. The first-order valence-electron chi connectivity index (χ1n) is 9.83. The molecule has 0 spiro atoms. The largest absolute Gasteiger partial charge is 0.357 e. The molecule has 0 bridgehead atoms. The molecule has 28 heavy (non-hydrogen) atoms. The molecule has 0 fully saturated rings. The molecule has 2 aromatic rings. The monoisotopic (exact) mass is 400 g/mol. The minimum Gasteiger partial charge on any atom is -0.357 e. The summed E-state index contributed by atoms with van der Waals surface area (Å²) in [5, 5.41) is 7.39. The summed E-state index contributed by atoms with van der Waals surface area (Å²) in [6.07, 6.45) is 4.36. The highest BCUT2D eigenvalue weighted by Crippen LogP contribution is 2.29. The normalized spacial score (nSPS) is 15.0. The summed E-state index contributed by atoms with van der Waals surface area (Å²) < 4.78 is 0. The lowest BCUT2D eigenvalue weighted by molar-refractivity contribution is -0.122. The summed E-state index contributed by atoms with van der Waals surface area (Å²) in [5.74, 6) is -0.314. The standard InChI is InChI=1S/C21H28N4O2S/c1-4-14-6-7-15(23-10-14)11-25-9-8-16-17(13-28-19(16)12-25)20(26)24-18(5-2)21(27)22-3/h6-7,10,13,18H,4-5,8-9,11-12H2,1-3H3,(H,22,27)(H,24,26)/t18-/m1/s1. The van der Waals surface area contributed by atoms with Gasteiger partial charge in [0.15, 0.2) is 0 Å². The molecule has 0 saturated heterocycles. The van der Waals surface area contributed by atoms with Crippen LogP contribution in [0.1, 0.15) is 52.3 Å². The molecule has 1 atom stereocenters. The number of carbonyl (C=O) groups excluding carboxylic acids is 2. The number of hydrogen-bond donors (Lipinski definition) is 2. The zero-order chi connectivity index (χ0) is 20.1. The number of aryl methyl sites for hydroxylation is 1. The number of nitrogens with one attached hydrogen (secondary N) is 2. The summed E-state index contributed by atoms with van der Waals surface area (Å²) in [7, 11) is 1.59. The van der Waals surface area contributed by atoms with Crippen LogP contribution in [0.15, 0.2) is 23.7 Å². The van der Waals surface area contributed by atoms with Crippen molar-refractivity contribution in [3.63, 3.8) is 0 Å². The number of hydrogen-bond acceptors (Lipinski definition) is 5. The van der Waals surface area contributed by atoms with Crippen molar-refractivity contribution in [2.75, 3.05) is 13.6 Å². The highest BCUT2D eigenvalue weighted by Gasteiger charge is 2.26. The van der Waals surface area contributed by atoms with Crippen LogP contribution in [0, 0.1) is 0 Å². The van der Waals surface area contributed by atoms with Gasteiger partial charge < -0.3 is 10.6 Å². The van der Waals surface area contributed by atoms with Crippen LogP contribution >= 0.6 is 11.3 Å². The first-order chi connectivity index (χ1) is 13.5. The van der Waals surface area contributed by atoms with Crippen molar-refractivity contribution >= 4 is 23.2 Å². The Balaban J connectivity index is 1.65. The van der Waals surface area contributed by atoms with Crippen LogP contribution < -0.4 is 10.6 Å². The van der Waals surface area contributed by atoms with Gasteiger partial charge in [0.1, 0.15) is 6.04 Å². The van der Waals surface area contributed by atoms with E-state index < -0.39 is 6.04 Å². The quantitative estimate of drug-likeness (QED) is 0.749. The highest BCUT2D eigenvalue weighted by molar-refractivity contribution is 7.10. The Morgan fingerprint density at radius 2 is 2.14 bits per heavy atom. The number of likely N-dealkylation sites (N-methyl/N-ethyl adjacent to an activating group) is 1. The Morgan fingerprint density at radius 1 is 1.32 bits per heavy atom. The fourth-order valence-electron chi connectivity index (χ4n) is 3.46. The van der Waals surface area contributed by atoms with Crippen LogP contribution in [0.2, 0.25) is 0 Å². The second-order valence-corrected chi connectivity index (χ2v) is 8.04. The third-order valence-electron chi connectivity index (χ3n) is 5.23. The van der Waals surface area contributed by atoms with E-state index in [0.29, 0.717) is 12.0 Å². The predicted molar refractivity (Wildman–Crippen MR) is 111 cm³/mol. The topological polar surface area (TPSA) is 74.3 Å². The second-order valence-electron chi connectivity index (χ2n) is 7.07. The molecule has 150 valence electrons. The van der Waals surface area contributed by atoms with Gasteiger partial charge >= 0.3 is 0 Å². The third kappa shape index (κ3) is 4.59. The minimum absolute atomic E-state index is 0.154. The van der Waals surface area contributed by atoms with Gasteiger partial charge in [-0.1, -0.05) is 19.9 Å². The maximum Gasteiger partial charge on any atom is 0.253 e. The first-order valence-corrected chi connectivity index (χ1v) is 10.7. The zero-order valence-corrected chi connectivity index (χ0v) is 17.6. The van der Waals surface area contributed by atoms with Crippen LogP contribution in [-0.2, 0) is 30.7 Å². The molecule has 0 saturated carbocycles. The second kappa shape index (κ2) is 9.30. The molecule has 2 aromatic heterocycles. The number of thiophene rings is 1. The maximum absolute atomic E-state index is 12.7. The molecule has 0 radical (unpaired) electrons. The Hall–Kier alpha value is -2.25. The minimum atomic E-state index is -0.495. The van der Waals surface area contributed by atoms with Crippen molar-refractivity contribution in [3.05, 3.63) is 51.0 Å². The van der Waals surface area contributed by atoms with Gasteiger partial charge in [0.2, 0.25) is 5.91 Å². The summed E-state index contributed by atoms with van der Waals surface area (Å²) in [6, 6.07) is 3.75. The summed E-state index contributed by atoms with van der Waals surface area (Å²) in [5.41, 5.74) is 4.17. The number of amides is 2. The summed E-state index contributed by atoms with van der Waals surface area (Å²) in [4.78, 5) is 32.7. The number of carbonyl (C=O) groups is 2. The molecular formula is C21H28N4O2S. The Morgan fingerprint density at radius 3 is 2.79 bits per heavy atom. The van der Waals surface area contributed by atoms with E-state index in [9.17, 15) is 9.59 Å². The third-order valence-corrected chi connectivity index (χ3v) is 6.24. The van der Waals surface area contributed by atoms with Crippen LogP contribution in [-0.4, -0.2) is 41.3 Å². The van der Waals surface area contributed by atoms with Crippen molar-refractivity contribution in [1.29, 1.82) is 0 Å². The Kier molecular flexibility index (Phi) is 6.80. The summed E-state index contributed by atoms with van der Waals surface area (Å²) >= 11 is 1.63. The van der Waals surface area contributed by atoms with Gasteiger partial charge in [-0.15, -0.1) is 11.3 Å². The SMILES string of the molecule is CCc1ccc(CN2CCc3c(C(=O)N[C@H](CC)C(=O)NC)csc3C2)nc1. The number of nitrogens with zero attached hydrogens (tertiary/aromatic N) is 2. The van der Waals surface area contributed by atoms with Crippen molar-refractivity contribution < 1.29 is 9.59 Å². The Labute approximate surface area is 170 Å². The van der Waals surface area contributed by atoms with E-state index in [4.69, 9.17) is 0 Å². The van der Waals surface area contributed by atoms with Crippen molar-refractivity contribution in [1.82, 2.24) is 20.5 Å².